The van der Waals surface area contributed by atoms with E-state index in [4.69, 9.17) is 15.3 Å². The number of nitrogens with zero attached hydrogens (tertiary/aromatic N) is 1. The van der Waals surface area contributed by atoms with E-state index in [-0.39, 0.29) is 13.1 Å². The molecule has 14 heavy (non-hydrogen) atoms. The summed E-state index contributed by atoms with van der Waals surface area (Å²) >= 11 is 0. The number of alkyl halides is 3. The van der Waals surface area contributed by atoms with Crippen LogP contribution in [0.2, 0.25) is 0 Å². The molecular formula is C7H12F3NO3. The van der Waals surface area contributed by atoms with Crippen LogP contribution in [0.5, 0.6) is 0 Å². The Balaban J connectivity index is 2.40. The van der Waals surface area contributed by atoms with Crippen LogP contribution in [0.1, 0.15) is 0 Å². The van der Waals surface area contributed by atoms with Crippen LogP contribution >= 0.6 is 0 Å². The molecule has 0 aromatic carbocycles. The Hall–Kier alpha value is -0.370. The van der Waals surface area contributed by atoms with Gasteiger partial charge in [0.15, 0.2) is 6.10 Å². The zero-order valence-electron chi connectivity index (χ0n) is 7.28. The molecule has 3 N–H and O–H groups in total. The summed E-state index contributed by atoms with van der Waals surface area (Å²) in [4.78, 5) is 1.17. The highest BCUT2D eigenvalue weighted by molar-refractivity contribution is 4.85. The SMILES string of the molecule is OC1CN(CC(O)C(F)(F)F)CC1O. The average molecular weight is 215 g/mol. The van der Waals surface area contributed by atoms with Crippen molar-refractivity contribution in [1.29, 1.82) is 0 Å². The molecule has 0 spiro atoms. The van der Waals surface area contributed by atoms with Crippen LogP contribution in [0.25, 0.3) is 0 Å². The molecule has 0 amide bonds. The summed E-state index contributed by atoms with van der Waals surface area (Å²) in [5.41, 5.74) is 0. The predicted molar refractivity (Wildman–Crippen MR) is 40.5 cm³/mol. The average Bonchev–Trinajstić information content (AvgIpc) is 2.29. The highest BCUT2D eigenvalue weighted by atomic mass is 19.4. The van der Waals surface area contributed by atoms with E-state index in [0.717, 1.165) is 0 Å². The van der Waals surface area contributed by atoms with E-state index in [2.05, 4.69) is 0 Å². The van der Waals surface area contributed by atoms with Crippen molar-refractivity contribution in [3.63, 3.8) is 0 Å². The van der Waals surface area contributed by atoms with Gasteiger partial charge in [-0.05, 0) is 0 Å². The maximum Gasteiger partial charge on any atom is 0.415 e. The third-order valence-corrected chi connectivity index (χ3v) is 2.14. The van der Waals surface area contributed by atoms with Gasteiger partial charge in [0.05, 0.1) is 12.2 Å². The predicted octanol–water partition coefficient (Wildman–Crippen LogP) is -1.05. The molecule has 1 rings (SSSR count). The van der Waals surface area contributed by atoms with Crippen LogP contribution in [0.15, 0.2) is 0 Å². The first-order chi connectivity index (χ1) is 6.30. The first kappa shape index (κ1) is 11.7. The first-order valence-electron chi connectivity index (χ1n) is 4.14. The van der Waals surface area contributed by atoms with Gasteiger partial charge < -0.3 is 15.3 Å². The summed E-state index contributed by atoms with van der Waals surface area (Å²) in [6, 6.07) is 0. The largest absolute Gasteiger partial charge is 0.415 e. The number of β-amino-alcohol motifs (C(OH)–C–C–N with tert-alkyl or cyclic N) is 3. The molecule has 0 aliphatic carbocycles. The van der Waals surface area contributed by atoms with Crippen molar-refractivity contribution in [2.24, 2.45) is 0 Å². The Morgan fingerprint density at radius 1 is 1.21 bits per heavy atom. The normalized spacial score (nSPS) is 32.1. The van der Waals surface area contributed by atoms with E-state index in [0.29, 0.717) is 0 Å². The number of rotatable bonds is 2. The summed E-state index contributed by atoms with van der Waals surface area (Å²) in [6.07, 6.45) is -9.15. The topological polar surface area (TPSA) is 63.9 Å². The van der Waals surface area contributed by atoms with Gasteiger partial charge in [0.1, 0.15) is 0 Å². The van der Waals surface area contributed by atoms with Gasteiger partial charge in [0, 0.05) is 19.6 Å². The molecule has 4 nitrogen and oxygen atoms in total. The second-order valence-electron chi connectivity index (χ2n) is 3.41. The van der Waals surface area contributed by atoms with Gasteiger partial charge in [-0.15, -0.1) is 0 Å². The fraction of sp³-hybridized carbons (Fsp3) is 1.00. The van der Waals surface area contributed by atoms with Crippen LogP contribution in [0, 0.1) is 0 Å². The lowest BCUT2D eigenvalue weighted by atomic mass is 10.3. The van der Waals surface area contributed by atoms with Gasteiger partial charge in [-0.3, -0.25) is 4.90 Å². The lowest BCUT2D eigenvalue weighted by molar-refractivity contribution is -0.207. The molecule has 0 saturated carbocycles. The molecular weight excluding hydrogens is 203 g/mol. The number of hydrogen-bond donors (Lipinski definition) is 3. The third-order valence-electron chi connectivity index (χ3n) is 2.14. The van der Waals surface area contributed by atoms with Crippen LogP contribution in [0.3, 0.4) is 0 Å². The van der Waals surface area contributed by atoms with E-state index >= 15 is 0 Å². The third kappa shape index (κ3) is 2.81. The molecule has 1 aliphatic rings. The Morgan fingerprint density at radius 3 is 2.00 bits per heavy atom. The van der Waals surface area contributed by atoms with Gasteiger partial charge in [-0.1, -0.05) is 0 Å². The molecule has 3 atom stereocenters. The molecule has 0 aromatic heterocycles. The van der Waals surface area contributed by atoms with Crippen molar-refractivity contribution in [1.82, 2.24) is 4.90 Å². The maximum atomic E-state index is 11.9. The second kappa shape index (κ2) is 4.01. The molecule has 3 unspecified atom stereocenters. The van der Waals surface area contributed by atoms with Gasteiger partial charge in [0.2, 0.25) is 0 Å². The van der Waals surface area contributed by atoms with Crippen molar-refractivity contribution < 1.29 is 28.5 Å². The zero-order valence-corrected chi connectivity index (χ0v) is 7.28. The lowest BCUT2D eigenvalue weighted by Crippen LogP contribution is -2.40. The summed E-state index contributed by atoms with van der Waals surface area (Å²) in [7, 11) is 0. The Morgan fingerprint density at radius 2 is 1.64 bits per heavy atom. The second-order valence-corrected chi connectivity index (χ2v) is 3.41. The molecule has 84 valence electrons. The van der Waals surface area contributed by atoms with Crippen LogP contribution in [-0.4, -0.2) is 64.3 Å². The van der Waals surface area contributed by atoms with E-state index in [9.17, 15) is 13.2 Å². The summed E-state index contributed by atoms with van der Waals surface area (Å²) in [5, 5.41) is 26.7. The van der Waals surface area contributed by atoms with Crippen molar-refractivity contribution in [2.75, 3.05) is 19.6 Å². The number of hydrogen-bond acceptors (Lipinski definition) is 4. The highest BCUT2D eigenvalue weighted by Gasteiger charge is 2.41. The van der Waals surface area contributed by atoms with Crippen LogP contribution in [-0.2, 0) is 0 Å². The molecule has 0 aromatic rings. The van der Waals surface area contributed by atoms with E-state index in [1.807, 2.05) is 0 Å². The van der Waals surface area contributed by atoms with Crippen molar-refractivity contribution >= 4 is 0 Å². The van der Waals surface area contributed by atoms with Crippen LogP contribution < -0.4 is 0 Å². The molecule has 1 heterocycles. The van der Waals surface area contributed by atoms with E-state index < -0.39 is 31.0 Å². The summed E-state index contributed by atoms with van der Waals surface area (Å²) in [6.45, 7) is -0.708. The number of aliphatic hydroxyl groups is 3. The Kier molecular flexibility index (Phi) is 3.36. The maximum absolute atomic E-state index is 11.9. The zero-order chi connectivity index (χ0) is 10.9. The Bertz CT molecular complexity index is 189. The first-order valence-corrected chi connectivity index (χ1v) is 4.14. The van der Waals surface area contributed by atoms with Crippen molar-refractivity contribution in [2.45, 2.75) is 24.5 Å². The summed E-state index contributed by atoms with van der Waals surface area (Å²) < 4.78 is 35.7. The van der Waals surface area contributed by atoms with Crippen molar-refractivity contribution in [3.8, 4) is 0 Å². The molecule has 1 aliphatic heterocycles. The monoisotopic (exact) mass is 215 g/mol. The minimum Gasteiger partial charge on any atom is -0.389 e. The highest BCUT2D eigenvalue weighted by Crippen LogP contribution is 2.22. The number of halogens is 3. The van der Waals surface area contributed by atoms with Crippen LogP contribution in [0.4, 0.5) is 13.2 Å². The summed E-state index contributed by atoms with van der Waals surface area (Å²) in [5.74, 6) is 0. The fourth-order valence-electron chi connectivity index (χ4n) is 1.34. The standard InChI is InChI=1S/C7H12F3NO3/c8-7(9,10)6(14)3-11-1-4(12)5(13)2-11/h4-6,12-14H,1-3H2. The quantitative estimate of drug-likeness (QED) is 0.550. The van der Waals surface area contributed by atoms with Crippen molar-refractivity contribution in [3.05, 3.63) is 0 Å². The minimum atomic E-state index is -4.65. The molecule has 0 bridgehead atoms. The molecule has 1 saturated heterocycles. The fourth-order valence-corrected chi connectivity index (χ4v) is 1.34. The molecule has 0 radical (unpaired) electrons. The number of aliphatic hydroxyl groups excluding tert-OH is 3. The minimum absolute atomic E-state index is 0.0473. The molecule has 7 heteroatoms. The lowest BCUT2D eigenvalue weighted by Gasteiger charge is -2.21. The van der Waals surface area contributed by atoms with Gasteiger partial charge in [0.25, 0.3) is 0 Å². The smallest absolute Gasteiger partial charge is 0.389 e. The van der Waals surface area contributed by atoms with E-state index in [1.165, 1.54) is 4.90 Å². The molecule has 1 fully saturated rings. The van der Waals surface area contributed by atoms with Gasteiger partial charge in [-0.25, -0.2) is 0 Å². The van der Waals surface area contributed by atoms with E-state index in [1.54, 1.807) is 0 Å². The van der Waals surface area contributed by atoms with Gasteiger partial charge in [-0.2, -0.15) is 13.2 Å². The van der Waals surface area contributed by atoms with Gasteiger partial charge >= 0.3 is 6.18 Å². The number of likely N-dealkylation sites (tertiary alicyclic amines) is 1. The Labute approximate surface area is 78.6 Å².